The Kier molecular flexibility index (Phi) is 10.4. The largest absolute Gasteiger partial charge is 0.462 e. The van der Waals surface area contributed by atoms with Gasteiger partial charge in [0.05, 0.1) is 13.2 Å². The van der Waals surface area contributed by atoms with Crippen molar-refractivity contribution in [2.75, 3.05) is 26.3 Å². The average Bonchev–Trinajstić information content (AvgIpc) is 2.47. The molecule has 0 saturated heterocycles. The molecule has 0 aliphatic carbocycles. The molecule has 0 heterocycles. The summed E-state index contributed by atoms with van der Waals surface area (Å²) in [5.74, 6) is -0.896. The highest BCUT2D eigenvalue weighted by Gasteiger charge is 2.10. The van der Waals surface area contributed by atoms with Gasteiger partial charge in [0.1, 0.15) is 6.61 Å². The minimum absolute atomic E-state index is 0.0647. The quantitative estimate of drug-likeness (QED) is 0.331. The number of hydrogen-bond donors (Lipinski definition) is 0. The van der Waals surface area contributed by atoms with Crippen LogP contribution in [0.3, 0.4) is 0 Å². The number of nitrogens with zero attached hydrogens (tertiary/aromatic N) is 1. The molecular weight excluding hydrogens is 298 g/mol. The summed E-state index contributed by atoms with van der Waals surface area (Å²) in [6.45, 7) is 13.1. The minimum atomic E-state index is -0.451. The zero-order valence-electron chi connectivity index (χ0n) is 14.4. The van der Waals surface area contributed by atoms with E-state index in [1.54, 1.807) is 18.7 Å². The van der Waals surface area contributed by atoms with Crippen LogP contribution in [-0.4, -0.2) is 49.0 Å². The fourth-order valence-electron chi connectivity index (χ4n) is 1.67. The molecule has 23 heavy (non-hydrogen) atoms. The fourth-order valence-corrected chi connectivity index (χ4v) is 1.67. The van der Waals surface area contributed by atoms with Gasteiger partial charge in [0.15, 0.2) is 0 Å². The highest BCUT2D eigenvalue weighted by atomic mass is 16.5. The Morgan fingerprint density at radius 3 is 1.78 bits per heavy atom. The summed E-state index contributed by atoms with van der Waals surface area (Å²) >= 11 is 0. The molecular formula is C17H27NO5. The molecule has 1 amide bonds. The van der Waals surface area contributed by atoms with Gasteiger partial charge in [-0.3, -0.25) is 4.79 Å². The molecule has 0 aromatic rings. The second-order valence-corrected chi connectivity index (χ2v) is 5.40. The monoisotopic (exact) mass is 325 g/mol. The van der Waals surface area contributed by atoms with E-state index >= 15 is 0 Å². The molecule has 0 unspecified atom stereocenters. The maximum Gasteiger partial charge on any atom is 0.333 e. The lowest BCUT2D eigenvalue weighted by atomic mass is 10.2. The van der Waals surface area contributed by atoms with Crippen molar-refractivity contribution in [2.24, 2.45) is 0 Å². The minimum Gasteiger partial charge on any atom is -0.462 e. The Hall–Kier alpha value is -2.11. The van der Waals surface area contributed by atoms with Gasteiger partial charge in [0, 0.05) is 24.6 Å². The van der Waals surface area contributed by atoms with E-state index < -0.39 is 5.97 Å². The van der Waals surface area contributed by atoms with Crippen LogP contribution >= 0.6 is 0 Å². The molecule has 0 aliphatic rings. The van der Waals surface area contributed by atoms with Gasteiger partial charge in [-0.2, -0.15) is 0 Å². The van der Waals surface area contributed by atoms with Gasteiger partial charge in [-0.05, 0) is 33.1 Å². The Morgan fingerprint density at radius 2 is 1.30 bits per heavy atom. The van der Waals surface area contributed by atoms with Crippen molar-refractivity contribution in [3.63, 3.8) is 0 Å². The topological polar surface area (TPSA) is 72.9 Å². The van der Waals surface area contributed by atoms with E-state index in [1.165, 1.54) is 6.92 Å². The van der Waals surface area contributed by atoms with Gasteiger partial charge in [-0.15, -0.1) is 0 Å². The Morgan fingerprint density at radius 1 is 0.783 bits per heavy atom. The smallest absolute Gasteiger partial charge is 0.333 e. The van der Waals surface area contributed by atoms with Crippen molar-refractivity contribution in [3.8, 4) is 0 Å². The number of ether oxygens (including phenoxy) is 2. The maximum atomic E-state index is 11.5. The fraction of sp³-hybridized carbons (Fsp3) is 0.588. The molecule has 0 N–H and O–H groups in total. The van der Waals surface area contributed by atoms with E-state index in [1.807, 2.05) is 0 Å². The molecule has 130 valence electrons. The lowest BCUT2D eigenvalue weighted by Crippen LogP contribution is -2.33. The molecule has 0 rings (SSSR count). The lowest BCUT2D eigenvalue weighted by Gasteiger charge is -2.20. The van der Waals surface area contributed by atoms with Crippen LogP contribution in [0.15, 0.2) is 24.3 Å². The number of amides is 1. The van der Waals surface area contributed by atoms with E-state index in [0.717, 1.165) is 19.3 Å². The highest BCUT2D eigenvalue weighted by molar-refractivity contribution is 5.87. The third kappa shape index (κ3) is 10.3. The number of esters is 2. The van der Waals surface area contributed by atoms with Crippen LogP contribution in [0.25, 0.3) is 0 Å². The summed E-state index contributed by atoms with van der Waals surface area (Å²) in [5.41, 5.74) is 0.723. The maximum absolute atomic E-state index is 11.5. The Labute approximate surface area is 138 Å². The number of rotatable bonds is 11. The summed E-state index contributed by atoms with van der Waals surface area (Å²) in [5, 5.41) is 0. The van der Waals surface area contributed by atoms with Crippen LogP contribution in [-0.2, 0) is 23.9 Å². The van der Waals surface area contributed by atoms with Crippen molar-refractivity contribution in [1.82, 2.24) is 4.90 Å². The Balaban J connectivity index is 3.87. The second-order valence-electron chi connectivity index (χ2n) is 5.40. The zero-order chi connectivity index (χ0) is 17.8. The van der Waals surface area contributed by atoms with Crippen LogP contribution in [0.4, 0.5) is 0 Å². The normalized spacial score (nSPS) is 9.87. The van der Waals surface area contributed by atoms with E-state index in [0.29, 0.717) is 30.8 Å². The second kappa shape index (κ2) is 11.5. The van der Waals surface area contributed by atoms with Gasteiger partial charge in [0.2, 0.25) is 5.91 Å². The van der Waals surface area contributed by atoms with Crippen molar-refractivity contribution in [2.45, 2.75) is 40.0 Å². The molecule has 0 aromatic heterocycles. The first-order chi connectivity index (χ1) is 10.8. The highest BCUT2D eigenvalue weighted by Crippen LogP contribution is 2.02. The van der Waals surface area contributed by atoms with Gasteiger partial charge >= 0.3 is 11.9 Å². The lowest BCUT2D eigenvalue weighted by molar-refractivity contribution is -0.141. The van der Waals surface area contributed by atoms with Crippen molar-refractivity contribution in [1.29, 1.82) is 0 Å². The first kappa shape index (κ1) is 20.9. The number of unbranched alkanes of at least 4 members (excludes halogenated alkanes) is 2. The molecule has 0 saturated carbocycles. The number of hydrogen-bond acceptors (Lipinski definition) is 5. The van der Waals surface area contributed by atoms with E-state index in [4.69, 9.17) is 9.47 Å². The van der Waals surface area contributed by atoms with E-state index in [-0.39, 0.29) is 18.5 Å². The third-order valence-corrected chi connectivity index (χ3v) is 3.04. The summed E-state index contributed by atoms with van der Waals surface area (Å²) in [7, 11) is 0. The first-order valence-electron chi connectivity index (χ1n) is 7.66. The van der Waals surface area contributed by atoms with Gasteiger partial charge in [0.25, 0.3) is 0 Å². The third-order valence-electron chi connectivity index (χ3n) is 3.04. The van der Waals surface area contributed by atoms with Crippen LogP contribution in [0, 0.1) is 0 Å². The van der Waals surface area contributed by atoms with Crippen molar-refractivity contribution >= 4 is 17.8 Å². The van der Waals surface area contributed by atoms with E-state index in [2.05, 4.69) is 13.2 Å². The standard InChI is InChI=1S/C17H27NO5/c1-13(2)16(20)22-11-8-6-7-9-18(15(5)19)10-12-23-17(21)14(3)4/h1,3,6-12H2,2,4-5H3. The van der Waals surface area contributed by atoms with E-state index in [9.17, 15) is 14.4 Å². The molecule has 0 aliphatic heterocycles. The number of carbonyl (C=O) groups excluding carboxylic acids is 3. The van der Waals surface area contributed by atoms with Crippen LogP contribution < -0.4 is 0 Å². The van der Waals surface area contributed by atoms with Crippen LogP contribution in [0.5, 0.6) is 0 Å². The average molecular weight is 325 g/mol. The summed E-state index contributed by atoms with van der Waals surface area (Å²) in [6.07, 6.45) is 2.35. The molecule has 6 heteroatoms. The van der Waals surface area contributed by atoms with Gasteiger partial charge < -0.3 is 14.4 Å². The summed E-state index contributed by atoms with van der Waals surface area (Å²) in [4.78, 5) is 35.6. The summed E-state index contributed by atoms with van der Waals surface area (Å²) in [6, 6.07) is 0. The Bertz CT molecular complexity index is 456. The van der Waals surface area contributed by atoms with Crippen molar-refractivity contribution < 1.29 is 23.9 Å². The first-order valence-corrected chi connectivity index (χ1v) is 7.66. The zero-order valence-corrected chi connectivity index (χ0v) is 14.4. The van der Waals surface area contributed by atoms with Crippen LogP contribution in [0.1, 0.15) is 40.0 Å². The molecule has 6 nitrogen and oxygen atoms in total. The molecule has 0 fully saturated rings. The molecule has 0 aromatic carbocycles. The molecule has 0 bridgehead atoms. The predicted molar refractivity (Wildman–Crippen MR) is 87.7 cm³/mol. The molecule has 0 atom stereocenters. The van der Waals surface area contributed by atoms with Crippen molar-refractivity contribution in [3.05, 3.63) is 24.3 Å². The molecule has 0 radical (unpaired) electrons. The SMILES string of the molecule is C=C(C)C(=O)OCCCCCN(CCOC(=O)C(=C)C)C(C)=O. The summed E-state index contributed by atoms with van der Waals surface area (Å²) < 4.78 is 9.97. The van der Waals surface area contributed by atoms with Crippen LogP contribution in [0.2, 0.25) is 0 Å². The van der Waals surface area contributed by atoms with Gasteiger partial charge in [-0.25, -0.2) is 9.59 Å². The van der Waals surface area contributed by atoms with Gasteiger partial charge in [-0.1, -0.05) is 13.2 Å². The predicted octanol–water partition coefficient (Wildman–Crippen LogP) is 2.24. The number of carbonyl (C=O) groups is 3. The molecule has 0 spiro atoms.